The van der Waals surface area contributed by atoms with Gasteiger partial charge in [-0.3, -0.25) is 0 Å². The molecule has 8 nitrogen and oxygen atoms in total. The van der Waals surface area contributed by atoms with E-state index in [9.17, 15) is 15.0 Å². The molecule has 8 heteroatoms. The third-order valence-corrected chi connectivity index (χ3v) is 4.80. The first-order valence-corrected chi connectivity index (χ1v) is 10.1. The summed E-state index contributed by atoms with van der Waals surface area (Å²) in [5.41, 5.74) is 4.90. The van der Waals surface area contributed by atoms with E-state index < -0.39 is 30.1 Å². The van der Waals surface area contributed by atoms with Crippen molar-refractivity contribution in [3.8, 4) is 6.07 Å². The van der Waals surface area contributed by atoms with Crippen molar-refractivity contribution >= 4 is 5.97 Å². The average molecular weight is 395 g/mol. The smallest absolute Gasteiger partial charge is 0.330 e. The lowest BCUT2D eigenvalue weighted by atomic mass is 9.86. The fraction of sp³-hybridized carbons (Fsp3) is 0.750. The summed E-state index contributed by atoms with van der Waals surface area (Å²) in [5.74, 6) is -0.415. The predicted octanol–water partition coefficient (Wildman–Crippen LogP) is 1.75. The largest absolute Gasteiger partial charge is 0.465 e. The number of nitrogens with two attached hydrogens (primary N) is 1. The number of hydrogen-bond acceptors (Lipinski definition) is 7. The van der Waals surface area contributed by atoms with Crippen LogP contribution in [0.15, 0.2) is 6.20 Å². The summed E-state index contributed by atoms with van der Waals surface area (Å²) in [7, 11) is 0. The van der Waals surface area contributed by atoms with Crippen molar-refractivity contribution in [2.45, 2.75) is 89.4 Å². The molecule has 1 rings (SSSR count). The normalized spacial score (nSPS) is 15.4. The molecule has 158 valence electrons. The third kappa shape index (κ3) is 7.23. The van der Waals surface area contributed by atoms with Crippen LogP contribution < -0.4 is 5.73 Å². The maximum atomic E-state index is 12.1. The molecule has 0 saturated heterocycles. The molecule has 0 aliphatic carbocycles. The minimum Gasteiger partial charge on any atom is -0.465 e. The first kappa shape index (κ1) is 24.1. The highest BCUT2D eigenvalue weighted by Gasteiger charge is 2.46. The Hall–Kier alpha value is -1.95. The molecule has 0 spiro atoms. The van der Waals surface area contributed by atoms with Gasteiger partial charge in [0.1, 0.15) is 11.9 Å². The molecule has 0 bridgehead atoms. The van der Waals surface area contributed by atoms with Gasteiger partial charge in [-0.1, -0.05) is 39.0 Å². The Labute approximate surface area is 167 Å². The molecular weight excluding hydrogens is 360 g/mol. The van der Waals surface area contributed by atoms with Crippen LogP contribution in [0.1, 0.15) is 70.3 Å². The van der Waals surface area contributed by atoms with Crippen molar-refractivity contribution in [3.63, 3.8) is 0 Å². The van der Waals surface area contributed by atoms with Crippen molar-refractivity contribution < 1.29 is 19.7 Å². The van der Waals surface area contributed by atoms with Crippen LogP contribution in [0, 0.1) is 11.3 Å². The molecule has 3 unspecified atom stereocenters. The first-order valence-electron chi connectivity index (χ1n) is 10.1. The predicted molar refractivity (Wildman–Crippen MR) is 105 cm³/mol. The Kier molecular flexibility index (Phi) is 10.8. The van der Waals surface area contributed by atoms with Gasteiger partial charge in [-0.25, -0.2) is 9.78 Å². The van der Waals surface area contributed by atoms with E-state index in [0.717, 1.165) is 18.5 Å². The number of nitrogens with zero attached hydrogens (tertiary/aromatic N) is 2. The maximum Gasteiger partial charge on any atom is 0.330 e. The quantitative estimate of drug-likeness (QED) is 0.278. The lowest BCUT2D eigenvalue weighted by molar-refractivity contribution is -0.158. The second-order valence-corrected chi connectivity index (χ2v) is 7.18. The zero-order chi connectivity index (χ0) is 21.0. The van der Waals surface area contributed by atoms with Gasteiger partial charge >= 0.3 is 5.97 Å². The summed E-state index contributed by atoms with van der Waals surface area (Å²) in [6, 6.07) is 1.77. The number of carbonyl (C=O) groups is 1. The Morgan fingerprint density at radius 1 is 1.32 bits per heavy atom. The van der Waals surface area contributed by atoms with Crippen LogP contribution in [0.25, 0.3) is 0 Å². The maximum absolute atomic E-state index is 12.1. The number of nitrogens with one attached hydrogen (secondary N) is 1. The van der Waals surface area contributed by atoms with Crippen LogP contribution in [0.5, 0.6) is 0 Å². The number of aromatic nitrogens is 2. The number of esters is 1. The highest BCUT2D eigenvalue weighted by molar-refractivity contribution is 5.82. The number of unbranched alkanes of at least 4 members (excludes halogenated alkanes) is 5. The van der Waals surface area contributed by atoms with E-state index in [4.69, 9.17) is 15.7 Å². The molecule has 1 aromatic rings. The summed E-state index contributed by atoms with van der Waals surface area (Å²) < 4.78 is 4.85. The molecule has 0 aromatic carbocycles. The standard InChI is InChI=1S/C20H34N4O4/c1-3-5-6-7-8-9-10-15-14-23-17(24-15)13-16(25)18(26)20(22,11-12-21)19(27)28-4-2/h14,16,18,25-26H,3-11,13,22H2,1-2H3,(H,23,24). The van der Waals surface area contributed by atoms with E-state index in [0.29, 0.717) is 5.82 Å². The van der Waals surface area contributed by atoms with Crippen LogP contribution in [-0.4, -0.2) is 50.5 Å². The number of H-pyrrole nitrogens is 1. The average Bonchev–Trinajstić information content (AvgIpc) is 3.11. The topological polar surface area (TPSA) is 145 Å². The lowest BCUT2D eigenvalue weighted by Crippen LogP contribution is -2.62. The molecule has 0 aliphatic heterocycles. The van der Waals surface area contributed by atoms with Gasteiger partial charge in [0.25, 0.3) is 0 Å². The summed E-state index contributed by atoms with van der Waals surface area (Å²) in [6.45, 7) is 3.85. The van der Waals surface area contributed by atoms with E-state index in [-0.39, 0.29) is 13.0 Å². The summed E-state index contributed by atoms with van der Waals surface area (Å²) in [5, 5.41) is 29.7. The van der Waals surface area contributed by atoms with Crippen molar-refractivity contribution in [2.24, 2.45) is 5.73 Å². The highest BCUT2D eigenvalue weighted by atomic mass is 16.5. The van der Waals surface area contributed by atoms with E-state index in [1.807, 2.05) is 0 Å². The number of aliphatic hydroxyl groups is 2. The molecule has 0 aliphatic rings. The SMILES string of the molecule is CCCCCCCCc1cnc(CC(O)C(O)C(N)(CC#N)C(=O)OCC)[nH]1. The molecule has 5 N–H and O–H groups in total. The molecule has 0 amide bonds. The molecule has 0 radical (unpaired) electrons. The minimum atomic E-state index is -1.99. The third-order valence-electron chi connectivity index (χ3n) is 4.80. The van der Waals surface area contributed by atoms with E-state index in [1.165, 1.54) is 32.1 Å². The van der Waals surface area contributed by atoms with Gasteiger partial charge in [0.2, 0.25) is 0 Å². The van der Waals surface area contributed by atoms with Crippen LogP contribution in [0.3, 0.4) is 0 Å². The summed E-state index contributed by atoms with van der Waals surface area (Å²) in [4.78, 5) is 19.4. The monoisotopic (exact) mass is 394 g/mol. The first-order chi connectivity index (χ1) is 13.4. The summed E-state index contributed by atoms with van der Waals surface area (Å²) in [6.07, 6.45) is 6.31. The number of imidazole rings is 1. The highest BCUT2D eigenvalue weighted by Crippen LogP contribution is 2.20. The fourth-order valence-electron chi connectivity index (χ4n) is 3.08. The van der Waals surface area contributed by atoms with Crippen molar-refractivity contribution in [1.82, 2.24) is 9.97 Å². The number of ether oxygens (including phenoxy) is 1. The van der Waals surface area contributed by atoms with Crippen molar-refractivity contribution in [3.05, 3.63) is 17.7 Å². The Morgan fingerprint density at radius 3 is 2.64 bits per heavy atom. The molecule has 1 aromatic heterocycles. The van der Waals surface area contributed by atoms with Gasteiger partial charge in [0.05, 0.1) is 25.2 Å². The number of carbonyl (C=O) groups excluding carboxylic acids is 1. The second kappa shape index (κ2) is 12.5. The number of aliphatic hydroxyl groups excluding tert-OH is 2. The Morgan fingerprint density at radius 2 is 2.00 bits per heavy atom. The Balaban J connectivity index is 2.59. The molecule has 3 atom stereocenters. The van der Waals surface area contributed by atoms with Gasteiger partial charge in [-0.15, -0.1) is 0 Å². The van der Waals surface area contributed by atoms with Crippen molar-refractivity contribution in [2.75, 3.05) is 6.61 Å². The number of rotatable bonds is 14. The van der Waals surface area contributed by atoms with Gasteiger partial charge in [0.15, 0.2) is 5.54 Å². The number of aryl methyl sites for hydroxylation is 1. The second-order valence-electron chi connectivity index (χ2n) is 7.18. The summed E-state index contributed by atoms with van der Waals surface area (Å²) >= 11 is 0. The number of nitriles is 1. The zero-order valence-corrected chi connectivity index (χ0v) is 17.0. The molecular formula is C20H34N4O4. The van der Waals surface area contributed by atoms with Crippen LogP contribution in [-0.2, 0) is 22.4 Å². The fourth-order valence-corrected chi connectivity index (χ4v) is 3.08. The number of aromatic amines is 1. The van der Waals surface area contributed by atoms with Crippen molar-refractivity contribution in [1.29, 1.82) is 5.26 Å². The van der Waals surface area contributed by atoms with Gasteiger partial charge in [-0.05, 0) is 19.8 Å². The van der Waals surface area contributed by atoms with Gasteiger partial charge < -0.3 is 25.7 Å². The van der Waals surface area contributed by atoms with E-state index in [1.54, 1.807) is 19.2 Å². The zero-order valence-electron chi connectivity index (χ0n) is 17.0. The molecule has 0 saturated carbocycles. The lowest BCUT2D eigenvalue weighted by Gasteiger charge is -2.32. The van der Waals surface area contributed by atoms with Crippen LogP contribution >= 0.6 is 0 Å². The van der Waals surface area contributed by atoms with Crippen LogP contribution in [0.2, 0.25) is 0 Å². The van der Waals surface area contributed by atoms with E-state index in [2.05, 4.69) is 16.9 Å². The molecule has 1 heterocycles. The van der Waals surface area contributed by atoms with Crippen LogP contribution in [0.4, 0.5) is 0 Å². The molecule has 28 heavy (non-hydrogen) atoms. The number of hydrogen-bond donors (Lipinski definition) is 4. The minimum absolute atomic E-state index is 0.0125. The van der Waals surface area contributed by atoms with Gasteiger partial charge in [0, 0.05) is 18.3 Å². The molecule has 0 fully saturated rings. The van der Waals surface area contributed by atoms with E-state index >= 15 is 0 Å². The Bertz CT molecular complexity index is 628. The van der Waals surface area contributed by atoms with Gasteiger partial charge in [-0.2, -0.15) is 5.26 Å².